The number of hydrogen-bond donors (Lipinski definition) is 0. The van der Waals surface area contributed by atoms with Crippen LogP contribution < -0.4 is 9.80 Å². The van der Waals surface area contributed by atoms with E-state index in [0.29, 0.717) is 57.0 Å². The maximum atomic E-state index is 14.0. The summed E-state index contributed by atoms with van der Waals surface area (Å²) in [6.45, 7) is 6.87. The lowest BCUT2D eigenvalue weighted by molar-refractivity contribution is -0.131. The summed E-state index contributed by atoms with van der Waals surface area (Å²) in [6, 6.07) is 8.74. The third-order valence-corrected chi connectivity index (χ3v) is 6.73. The Bertz CT molecular complexity index is 992. The summed E-state index contributed by atoms with van der Waals surface area (Å²) < 4.78 is 14.0. The highest BCUT2D eigenvalue weighted by molar-refractivity contribution is 8.00. The van der Waals surface area contributed by atoms with Gasteiger partial charge in [0.15, 0.2) is 0 Å². The van der Waals surface area contributed by atoms with Crippen LogP contribution in [0.5, 0.6) is 0 Å². The number of rotatable bonds is 5. The number of para-hydroxylation sites is 1. The molecule has 31 heavy (non-hydrogen) atoms. The van der Waals surface area contributed by atoms with Gasteiger partial charge in [0.2, 0.25) is 11.8 Å². The third-order valence-electron chi connectivity index (χ3n) is 5.78. The van der Waals surface area contributed by atoms with Gasteiger partial charge in [0.25, 0.3) is 0 Å². The van der Waals surface area contributed by atoms with E-state index in [1.165, 1.54) is 17.8 Å². The van der Waals surface area contributed by atoms with Crippen LogP contribution in [-0.2, 0) is 9.59 Å². The van der Waals surface area contributed by atoms with Crippen molar-refractivity contribution in [3.8, 4) is 0 Å². The number of aryl methyl sites for hydroxylation is 2. The molecule has 2 aliphatic rings. The van der Waals surface area contributed by atoms with Gasteiger partial charge in [0.1, 0.15) is 10.8 Å². The van der Waals surface area contributed by atoms with Crippen LogP contribution in [0.25, 0.3) is 0 Å². The van der Waals surface area contributed by atoms with E-state index in [2.05, 4.69) is 4.98 Å². The lowest BCUT2D eigenvalue weighted by Gasteiger charge is -2.36. The van der Waals surface area contributed by atoms with E-state index in [1.807, 2.05) is 35.8 Å². The van der Waals surface area contributed by atoms with Crippen molar-refractivity contribution in [2.75, 3.05) is 48.3 Å². The van der Waals surface area contributed by atoms with Gasteiger partial charge in [-0.1, -0.05) is 23.9 Å². The molecule has 8 heteroatoms. The normalized spacial score (nSPS) is 16.5. The van der Waals surface area contributed by atoms with Gasteiger partial charge in [0.05, 0.1) is 17.1 Å². The molecule has 0 spiro atoms. The van der Waals surface area contributed by atoms with Gasteiger partial charge in [-0.05, 0) is 44.0 Å². The van der Waals surface area contributed by atoms with Gasteiger partial charge in [-0.25, -0.2) is 9.37 Å². The number of benzene rings is 1. The summed E-state index contributed by atoms with van der Waals surface area (Å²) in [5.41, 5.74) is 3.47. The van der Waals surface area contributed by atoms with Crippen LogP contribution in [0.4, 0.5) is 15.8 Å². The number of halogens is 1. The molecule has 3 heterocycles. The average Bonchev–Trinajstić information content (AvgIpc) is 2.75. The van der Waals surface area contributed by atoms with Gasteiger partial charge in [0, 0.05) is 44.8 Å². The molecule has 0 radical (unpaired) electrons. The predicted octanol–water partition coefficient (Wildman–Crippen LogP) is 3.41. The summed E-state index contributed by atoms with van der Waals surface area (Å²) in [4.78, 5) is 35.4. The van der Waals surface area contributed by atoms with Crippen LogP contribution in [0, 0.1) is 19.7 Å². The fraction of sp³-hybridized carbons (Fsp3) is 0.435. The lowest BCUT2D eigenvalue weighted by Crippen LogP contribution is -2.49. The second kappa shape index (κ2) is 9.26. The summed E-state index contributed by atoms with van der Waals surface area (Å²) >= 11 is 1.48. The zero-order valence-electron chi connectivity index (χ0n) is 17.9. The van der Waals surface area contributed by atoms with Crippen molar-refractivity contribution in [2.24, 2.45) is 0 Å². The van der Waals surface area contributed by atoms with Crippen molar-refractivity contribution in [3.05, 3.63) is 47.4 Å². The van der Waals surface area contributed by atoms with Crippen LogP contribution in [0.3, 0.4) is 0 Å². The highest BCUT2D eigenvalue weighted by Gasteiger charge is 2.28. The smallest absolute Gasteiger partial charge is 0.237 e. The molecule has 2 aromatic rings. The van der Waals surface area contributed by atoms with Gasteiger partial charge in [-0.2, -0.15) is 0 Å². The number of carbonyl (C=O) groups is 2. The summed E-state index contributed by atoms with van der Waals surface area (Å²) in [6.07, 6.45) is 1.000. The molecular weight excluding hydrogens is 415 g/mol. The van der Waals surface area contributed by atoms with Gasteiger partial charge >= 0.3 is 0 Å². The second-order valence-electron chi connectivity index (χ2n) is 7.99. The van der Waals surface area contributed by atoms with Crippen LogP contribution in [0.1, 0.15) is 24.1 Å². The van der Waals surface area contributed by atoms with E-state index < -0.39 is 0 Å². The molecule has 4 rings (SSSR count). The molecule has 1 aromatic heterocycles. The SMILES string of the molecule is Cc1cc(C)c2c(n1)SCC(=O)N2CCCC(=O)N1CCN(c2ccccc2F)CC1. The van der Waals surface area contributed by atoms with Crippen LogP contribution in [0.2, 0.25) is 0 Å². The minimum absolute atomic E-state index is 0.0669. The van der Waals surface area contributed by atoms with Crippen molar-refractivity contribution in [3.63, 3.8) is 0 Å². The van der Waals surface area contributed by atoms with E-state index in [9.17, 15) is 14.0 Å². The molecule has 164 valence electrons. The van der Waals surface area contributed by atoms with E-state index in [1.54, 1.807) is 17.0 Å². The lowest BCUT2D eigenvalue weighted by atomic mass is 10.1. The molecular formula is C23H27FN4O2S. The first-order chi connectivity index (χ1) is 14.9. The molecule has 1 saturated heterocycles. The number of carbonyl (C=O) groups excluding carboxylic acids is 2. The van der Waals surface area contributed by atoms with Crippen molar-refractivity contribution in [2.45, 2.75) is 31.7 Å². The van der Waals surface area contributed by atoms with Crippen molar-refractivity contribution < 1.29 is 14.0 Å². The highest BCUT2D eigenvalue weighted by atomic mass is 32.2. The Morgan fingerprint density at radius 1 is 1.16 bits per heavy atom. The Kier molecular flexibility index (Phi) is 6.46. The molecule has 2 aliphatic heterocycles. The van der Waals surface area contributed by atoms with Gasteiger partial charge < -0.3 is 14.7 Å². The number of amides is 2. The minimum Gasteiger partial charge on any atom is -0.366 e. The Morgan fingerprint density at radius 2 is 1.90 bits per heavy atom. The molecule has 2 amide bonds. The molecule has 1 aromatic carbocycles. The molecule has 0 unspecified atom stereocenters. The number of aromatic nitrogens is 1. The number of pyridine rings is 1. The van der Waals surface area contributed by atoms with E-state index in [4.69, 9.17) is 0 Å². The van der Waals surface area contributed by atoms with Crippen LogP contribution in [0.15, 0.2) is 35.4 Å². The number of anilines is 2. The molecule has 0 atom stereocenters. The van der Waals surface area contributed by atoms with Crippen LogP contribution >= 0.6 is 11.8 Å². The van der Waals surface area contributed by atoms with Gasteiger partial charge in [-0.3, -0.25) is 9.59 Å². The molecule has 0 bridgehead atoms. The first-order valence-corrected chi connectivity index (χ1v) is 11.6. The monoisotopic (exact) mass is 442 g/mol. The Balaban J connectivity index is 1.31. The number of fused-ring (bicyclic) bond motifs is 1. The van der Waals surface area contributed by atoms with Gasteiger partial charge in [-0.15, -0.1) is 0 Å². The van der Waals surface area contributed by atoms with E-state index in [0.717, 1.165) is 22.0 Å². The number of hydrogen-bond acceptors (Lipinski definition) is 5. The standard InChI is InChI=1S/C23H27FN4O2S/c1-16-14-17(2)25-23-22(16)28(21(30)15-31-23)9-5-8-20(29)27-12-10-26(11-13-27)19-7-4-3-6-18(19)24/h3-4,6-7,14H,5,8-13,15H2,1-2H3. The zero-order valence-corrected chi connectivity index (χ0v) is 18.8. The quantitative estimate of drug-likeness (QED) is 0.710. The second-order valence-corrected chi connectivity index (χ2v) is 8.96. The minimum atomic E-state index is -0.230. The fourth-order valence-corrected chi connectivity index (χ4v) is 5.28. The number of thioether (sulfide) groups is 1. The molecule has 0 aliphatic carbocycles. The predicted molar refractivity (Wildman–Crippen MR) is 121 cm³/mol. The number of nitrogens with zero attached hydrogens (tertiary/aromatic N) is 4. The third kappa shape index (κ3) is 4.69. The Hall–Kier alpha value is -2.61. The maximum absolute atomic E-state index is 14.0. The highest BCUT2D eigenvalue weighted by Crippen LogP contribution is 2.36. The maximum Gasteiger partial charge on any atom is 0.237 e. The Labute approximate surface area is 186 Å². The number of piperazine rings is 1. The Morgan fingerprint density at radius 3 is 2.65 bits per heavy atom. The molecule has 0 N–H and O–H groups in total. The van der Waals surface area contributed by atoms with Crippen LogP contribution in [-0.4, -0.2) is 60.2 Å². The molecule has 1 fully saturated rings. The first-order valence-electron chi connectivity index (χ1n) is 10.6. The summed E-state index contributed by atoms with van der Waals surface area (Å²) in [5, 5.41) is 0.896. The summed E-state index contributed by atoms with van der Waals surface area (Å²) in [5.74, 6) is 0.310. The van der Waals surface area contributed by atoms with E-state index >= 15 is 0 Å². The summed E-state index contributed by atoms with van der Waals surface area (Å²) in [7, 11) is 0. The van der Waals surface area contributed by atoms with Crippen molar-refractivity contribution in [1.29, 1.82) is 0 Å². The largest absolute Gasteiger partial charge is 0.366 e. The van der Waals surface area contributed by atoms with Crippen molar-refractivity contribution in [1.82, 2.24) is 9.88 Å². The first kappa shape index (κ1) is 21.6. The van der Waals surface area contributed by atoms with Crippen molar-refractivity contribution >= 4 is 35.0 Å². The van der Waals surface area contributed by atoms with E-state index in [-0.39, 0.29) is 17.6 Å². The topological polar surface area (TPSA) is 56.8 Å². The average molecular weight is 443 g/mol. The fourth-order valence-electron chi connectivity index (χ4n) is 4.25. The molecule has 6 nitrogen and oxygen atoms in total. The zero-order chi connectivity index (χ0) is 22.0. The molecule has 0 saturated carbocycles.